The van der Waals surface area contributed by atoms with Crippen LogP contribution in [0.5, 0.6) is 0 Å². The van der Waals surface area contributed by atoms with Gasteiger partial charge in [0.15, 0.2) is 5.82 Å². The molecule has 9 nitrogen and oxygen atoms in total. The van der Waals surface area contributed by atoms with Crippen LogP contribution in [0.2, 0.25) is 0 Å². The fourth-order valence-electron chi connectivity index (χ4n) is 2.99. The van der Waals surface area contributed by atoms with E-state index < -0.39 is 11.8 Å². The van der Waals surface area contributed by atoms with Crippen LogP contribution in [-0.2, 0) is 9.59 Å². The van der Waals surface area contributed by atoms with Crippen molar-refractivity contribution in [3.63, 3.8) is 0 Å². The lowest BCUT2D eigenvalue weighted by Gasteiger charge is -2.32. The van der Waals surface area contributed by atoms with Crippen molar-refractivity contribution in [1.82, 2.24) is 20.4 Å². The lowest BCUT2D eigenvalue weighted by molar-refractivity contribution is -0.136. The number of hydrogen-bond acceptors (Lipinski definition) is 7. The molecule has 1 fully saturated rings. The number of nitrogens with zero attached hydrogens (tertiary/aromatic N) is 3. The lowest BCUT2D eigenvalue weighted by Crippen LogP contribution is -2.43. The Morgan fingerprint density at radius 3 is 2.71 bits per heavy atom. The van der Waals surface area contributed by atoms with Gasteiger partial charge in [0.25, 0.3) is 5.91 Å². The molecule has 3 amide bonds. The molecular formula is C18H21N5O4S. The van der Waals surface area contributed by atoms with Crippen molar-refractivity contribution >= 4 is 35.3 Å². The number of hydrogen-bond donors (Lipinski definition) is 2. The summed E-state index contributed by atoms with van der Waals surface area (Å²) in [4.78, 5) is 42.4. The Hall–Kier alpha value is -2.88. The van der Waals surface area contributed by atoms with Crippen LogP contribution >= 0.6 is 11.8 Å². The van der Waals surface area contributed by atoms with Crippen LogP contribution in [0.3, 0.4) is 0 Å². The average molecular weight is 403 g/mol. The Morgan fingerprint density at radius 1 is 1.25 bits per heavy atom. The third-order valence-corrected chi connectivity index (χ3v) is 5.25. The Morgan fingerprint density at radius 2 is 2.04 bits per heavy atom. The highest BCUT2D eigenvalue weighted by Crippen LogP contribution is 2.22. The first-order valence-corrected chi connectivity index (χ1v) is 10.1. The minimum Gasteiger partial charge on any atom is -0.363 e. The number of anilines is 1. The zero-order valence-electron chi connectivity index (χ0n) is 15.4. The SMILES string of the molecule is CSc1ncccc1C(=O)N1CCC(CNC(=O)C(=O)Nc2ccon2)CC1. The predicted octanol–water partition coefficient (Wildman–Crippen LogP) is 1.40. The summed E-state index contributed by atoms with van der Waals surface area (Å²) < 4.78 is 4.59. The number of likely N-dealkylation sites (tertiary alicyclic amines) is 1. The van der Waals surface area contributed by atoms with Gasteiger partial charge in [0, 0.05) is 31.9 Å². The minimum absolute atomic E-state index is 0.0214. The van der Waals surface area contributed by atoms with Gasteiger partial charge in [0.1, 0.15) is 11.3 Å². The van der Waals surface area contributed by atoms with E-state index in [-0.39, 0.29) is 17.6 Å². The Labute approximate surface area is 166 Å². The molecule has 0 bridgehead atoms. The first-order valence-electron chi connectivity index (χ1n) is 8.86. The van der Waals surface area contributed by atoms with Crippen LogP contribution in [-0.4, -0.2) is 58.7 Å². The molecule has 10 heteroatoms. The number of thioether (sulfide) groups is 1. The first-order chi connectivity index (χ1) is 13.6. The number of pyridine rings is 1. The van der Waals surface area contributed by atoms with Crippen LogP contribution in [0.1, 0.15) is 23.2 Å². The molecule has 3 heterocycles. The summed E-state index contributed by atoms with van der Waals surface area (Å²) in [7, 11) is 0. The summed E-state index contributed by atoms with van der Waals surface area (Å²) >= 11 is 1.45. The zero-order valence-corrected chi connectivity index (χ0v) is 16.2. The topological polar surface area (TPSA) is 117 Å². The second kappa shape index (κ2) is 9.36. The first kappa shape index (κ1) is 19.9. The molecule has 28 heavy (non-hydrogen) atoms. The maximum Gasteiger partial charge on any atom is 0.314 e. The van der Waals surface area contributed by atoms with Gasteiger partial charge in [0.05, 0.1) is 5.56 Å². The maximum absolute atomic E-state index is 12.7. The van der Waals surface area contributed by atoms with Crippen molar-refractivity contribution in [3.8, 4) is 0 Å². The molecule has 148 valence electrons. The van der Waals surface area contributed by atoms with Gasteiger partial charge in [0.2, 0.25) is 0 Å². The normalized spacial score (nSPS) is 14.5. The predicted molar refractivity (Wildman–Crippen MR) is 103 cm³/mol. The van der Waals surface area contributed by atoms with Crippen molar-refractivity contribution in [1.29, 1.82) is 0 Å². The van der Waals surface area contributed by atoms with E-state index in [0.717, 1.165) is 17.9 Å². The van der Waals surface area contributed by atoms with Gasteiger partial charge in [-0.05, 0) is 37.1 Å². The summed E-state index contributed by atoms with van der Waals surface area (Å²) in [6, 6.07) is 5.00. The standard InChI is InChI=1S/C18H21N5O4S/c1-28-17-13(3-2-7-19-17)18(26)23-8-4-12(5-9-23)11-20-15(24)16(25)21-14-6-10-27-22-14/h2-3,6-7,10,12H,4-5,8-9,11H2,1H3,(H,20,24)(H,21,22,25). The number of carbonyl (C=O) groups excluding carboxylic acids is 3. The maximum atomic E-state index is 12.7. The van der Waals surface area contributed by atoms with Gasteiger partial charge in [-0.1, -0.05) is 5.16 Å². The van der Waals surface area contributed by atoms with Crippen molar-refractivity contribution in [2.24, 2.45) is 5.92 Å². The molecule has 0 aliphatic carbocycles. The van der Waals surface area contributed by atoms with Crippen LogP contribution in [0.4, 0.5) is 5.82 Å². The molecule has 1 aliphatic heterocycles. The molecule has 2 aromatic rings. The number of rotatable bonds is 5. The fraction of sp³-hybridized carbons (Fsp3) is 0.389. The molecule has 3 rings (SSSR count). The summed E-state index contributed by atoms with van der Waals surface area (Å²) in [5, 5.41) is 9.22. The molecule has 1 aliphatic rings. The van der Waals surface area contributed by atoms with Crippen LogP contribution in [0.25, 0.3) is 0 Å². The van der Waals surface area contributed by atoms with E-state index in [1.807, 2.05) is 11.2 Å². The molecule has 0 spiro atoms. The smallest absolute Gasteiger partial charge is 0.314 e. The van der Waals surface area contributed by atoms with Gasteiger partial charge >= 0.3 is 11.8 Å². The van der Waals surface area contributed by atoms with E-state index in [4.69, 9.17) is 0 Å². The zero-order chi connectivity index (χ0) is 19.9. The Kier molecular flexibility index (Phi) is 6.64. The lowest BCUT2D eigenvalue weighted by atomic mass is 9.96. The van der Waals surface area contributed by atoms with Crippen LogP contribution in [0.15, 0.2) is 40.2 Å². The number of nitrogens with one attached hydrogen (secondary N) is 2. The highest BCUT2D eigenvalue weighted by molar-refractivity contribution is 7.98. The van der Waals surface area contributed by atoms with E-state index in [2.05, 4.69) is 25.3 Å². The monoisotopic (exact) mass is 403 g/mol. The van der Waals surface area contributed by atoms with Crippen molar-refractivity contribution in [2.75, 3.05) is 31.2 Å². The summed E-state index contributed by atoms with van der Waals surface area (Å²) in [5.41, 5.74) is 0.617. The van der Waals surface area contributed by atoms with Crippen molar-refractivity contribution < 1.29 is 18.9 Å². The molecule has 0 unspecified atom stereocenters. The second-order valence-electron chi connectivity index (χ2n) is 6.34. The van der Waals surface area contributed by atoms with Crippen molar-refractivity contribution in [3.05, 3.63) is 36.2 Å². The van der Waals surface area contributed by atoms with E-state index in [1.165, 1.54) is 24.1 Å². The van der Waals surface area contributed by atoms with Crippen molar-refractivity contribution in [2.45, 2.75) is 17.9 Å². The van der Waals surface area contributed by atoms with Crippen LogP contribution in [0, 0.1) is 5.92 Å². The van der Waals surface area contributed by atoms with E-state index in [0.29, 0.717) is 25.2 Å². The Bertz CT molecular complexity index is 834. The number of piperidine rings is 1. The fourth-order valence-corrected chi connectivity index (χ4v) is 3.54. The van der Waals surface area contributed by atoms with Gasteiger partial charge in [-0.25, -0.2) is 4.98 Å². The molecule has 2 aromatic heterocycles. The molecule has 0 saturated carbocycles. The molecule has 1 saturated heterocycles. The number of amides is 3. The molecular weight excluding hydrogens is 382 g/mol. The highest BCUT2D eigenvalue weighted by atomic mass is 32.2. The van der Waals surface area contributed by atoms with Gasteiger partial charge in [-0.15, -0.1) is 11.8 Å². The van der Waals surface area contributed by atoms with E-state index in [9.17, 15) is 14.4 Å². The minimum atomic E-state index is -0.789. The third kappa shape index (κ3) is 4.89. The summed E-state index contributed by atoms with van der Waals surface area (Å²) in [6.45, 7) is 1.59. The van der Waals surface area contributed by atoms with Gasteiger partial charge in [-0.3, -0.25) is 19.7 Å². The summed E-state index contributed by atoms with van der Waals surface area (Å²) in [5.74, 6) is -1.13. The van der Waals surface area contributed by atoms with E-state index >= 15 is 0 Å². The van der Waals surface area contributed by atoms with E-state index in [1.54, 1.807) is 18.3 Å². The Balaban J connectivity index is 1.44. The molecule has 0 radical (unpaired) electrons. The summed E-state index contributed by atoms with van der Waals surface area (Å²) in [6.07, 6.45) is 6.39. The number of aromatic nitrogens is 2. The molecule has 0 atom stereocenters. The highest BCUT2D eigenvalue weighted by Gasteiger charge is 2.26. The van der Waals surface area contributed by atoms with Crippen LogP contribution < -0.4 is 10.6 Å². The quantitative estimate of drug-likeness (QED) is 0.572. The third-order valence-electron chi connectivity index (χ3n) is 4.53. The molecule has 2 N–H and O–H groups in total. The molecule has 0 aromatic carbocycles. The van der Waals surface area contributed by atoms with Gasteiger partial charge < -0.3 is 14.7 Å². The largest absolute Gasteiger partial charge is 0.363 e. The second-order valence-corrected chi connectivity index (χ2v) is 7.14. The average Bonchev–Trinajstić information content (AvgIpc) is 3.24. The number of carbonyl (C=O) groups is 3. The van der Waals surface area contributed by atoms with Gasteiger partial charge in [-0.2, -0.15) is 0 Å².